The van der Waals surface area contributed by atoms with E-state index >= 15 is 0 Å². The minimum atomic E-state index is -1.33. The summed E-state index contributed by atoms with van der Waals surface area (Å²) in [7, 11) is 1.11. The number of amides is 4. The topological polar surface area (TPSA) is 230 Å². The molecular formula is C33H46N8O8. The van der Waals surface area contributed by atoms with Gasteiger partial charge in [-0.2, -0.15) is 0 Å². The quantitative estimate of drug-likeness (QED) is 0.0325. The lowest BCUT2D eigenvalue weighted by molar-refractivity contribution is -0.654. The first-order valence-electron chi connectivity index (χ1n) is 16.1. The molecule has 0 fully saturated rings. The van der Waals surface area contributed by atoms with Crippen molar-refractivity contribution in [3.05, 3.63) is 57.6 Å². The first kappa shape index (κ1) is 38.3. The summed E-state index contributed by atoms with van der Waals surface area (Å²) >= 11 is 0. The van der Waals surface area contributed by atoms with E-state index in [1.807, 2.05) is 38.1 Å². The number of guanidine groups is 1. The number of nitro groups is 1. The number of ether oxygens (including phenoxy) is 1. The molecule has 1 aliphatic rings. The number of hydrogen-bond donors (Lipinski definition) is 5. The van der Waals surface area contributed by atoms with Gasteiger partial charge >= 0.3 is 5.97 Å². The highest BCUT2D eigenvalue weighted by molar-refractivity contribution is 6.23. The van der Waals surface area contributed by atoms with Gasteiger partial charge < -0.3 is 15.8 Å². The van der Waals surface area contributed by atoms with Gasteiger partial charge in [-0.05, 0) is 75.3 Å². The Morgan fingerprint density at radius 3 is 2.08 bits per heavy atom. The summed E-state index contributed by atoms with van der Waals surface area (Å²) in [5, 5.41) is 28.0. The Hall–Kier alpha value is -5.12. The fraction of sp³-hybridized carbons (Fsp3) is 0.515. The highest BCUT2D eigenvalue weighted by Crippen LogP contribution is 2.28. The van der Waals surface area contributed by atoms with E-state index in [0.29, 0.717) is 5.01 Å². The van der Waals surface area contributed by atoms with Crippen molar-refractivity contribution in [2.45, 2.75) is 84.0 Å². The molecule has 0 radical (unpaired) electrons. The van der Waals surface area contributed by atoms with Crippen LogP contribution in [0.4, 0.5) is 0 Å². The summed E-state index contributed by atoms with van der Waals surface area (Å²) in [6.45, 7) is 8.69. The Balaban J connectivity index is 1.81. The smallest absolute Gasteiger partial charge is 0.323 e. The molecule has 0 aromatic heterocycles. The molecule has 0 aliphatic carbocycles. The van der Waals surface area contributed by atoms with Crippen LogP contribution in [-0.4, -0.2) is 94.4 Å². The zero-order chi connectivity index (χ0) is 36.6. The van der Waals surface area contributed by atoms with Crippen LogP contribution in [0, 0.1) is 21.4 Å². The van der Waals surface area contributed by atoms with E-state index in [0.717, 1.165) is 22.7 Å². The SMILES string of the molecule is CC(C)C[C@H](N[C@H](CCN1C(=O)c2cc3ccccc3cc2C1=O)C(=O)OC(C)(C)C)C(=O)NC(=O)[C@H](CCCNC(=N)N)N(C)[N+](=O)[O-]. The van der Waals surface area contributed by atoms with Crippen LogP contribution in [-0.2, 0) is 19.1 Å². The predicted molar refractivity (Wildman–Crippen MR) is 181 cm³/mol. The second-order valence-electron chi connectivity index (χ2n) is 13.4. The number of carbonyl (C=O) groups is 5. The number of hydrogen-bond acceptors (Lipinski definition) is 10. The molecular weight excluding hydrogens is 636 g/mol. The number of imide groups is 2. The van der Waals surface area contributed by atoms with Gasteiger partial charge in [0.2, 0.25) is 5.91 Å². The van der Waals surface area contributed by atoms with Crippen molar-refractivity contribution in [2.24, 2.45) is 11.7 Å². The van der Waals surface area contributed by atoms with Crippen LogP contribution in [0.25, 0.3) is 10.8 Å². The maximum Gasteiger partial charge on any atom is 0.323 e. The van der Waals surface area contributed by atoms with E-state index in [1.54, 1.807) is 32.9 Å². The van der Waals surface area contributed by atoms with Gasteiger partial charge in [-0.15, -0.1) is 5.01 Å². The molecule has 3 rings (SSSR count). The van der Waals surface area contributed by atoms with Crippen LogP contribution >= 0.6 is 0 Å². The van der Waals surface area contributed by atoms with Crippen LogP contribution in [0.2, 0.25) is 0 Å². The number of nitrogens with zero attached hydrogens (tertiary/aromatic N) is 3. The maximum absolute atomic E-state index is 13.6. The Bertz CT molecular complexity index is 1550. The van der Waals surface area contributed by atoms with Crippen LogP contribution in [0.3, 0.4) is 0 Å². The number of likely N-dealkylation sites (N-methyl/N-ethyl adjacent to an activating group) is 1. The van der Waals surface area contributed by atoms with E-state index in [1.165, 1.54) is 0 Å². The van der Waals surface area contributed by atoms with Crippen LogP contribution in [0.5, 0.6) is 0 Å². The Morgan fingerprint density at radius 2 is 1.59 bits per heavy atom. The summed E-state index contributed by atoms with van der Waals surface area (Å²) in [5.41, 5.74) is 4.88. The lowest BCUT2D eigenvalue weighted by atomic mass is 10.0. The number of carbonyl (C=O) groups excluding carboxylic acids is 5. The van der Waals surface area contributed by atoms with Gasteiger partial charge in [-0.1, -0.05) is 38.1 Å². The highest BCUT2D eigenvalue weighted by atomic mass is 16.7. The van der Waals surface area contributed by atoms with Gasteiger partial charge in [-0.3, -0.25) is 44.9 Å². The minimum Gasteiger partial charge on any atom is -0.459 e. The Morgan fingerprint density at radius 1 is 1.02 bits per heavy atom. The number of hydrazine groups is 1. The summed E-state index contributed by atoms with van der Waals surface area (Å²) < 4.78 is 5.62. The summed E-state index contributed by atoms with van der Waals surface area (Å²) in [6, 6.07) is 7.03. The summed E-state index contributed by atoms with van der Waals surface area (Å²) in [5.74, 6) is -3.87. The molecule has 0 saturated heterocycles. The molecule has 0 spiro atoms. The summed E-state index contributed by atoms with van der Waals surface area (Å²) in [6.07, 6.45) is 0.254. The van der Waals surface area contributed by atoms with Gasteiger partial charge in [0.15, 0.2) is 17.0 Å². The van der Waals surface area contributed by atoms with E-state index in [4.69, 9.17) is 15.9 Å². The molecule has 1 aliphatic heterocycles. The fourth-order valence-electron chi connectivity index (χ4n) is 5.46. The number of esters is 1. The predicted octanol–water partition coefficient (Wildman–Crippen LogP) is 1.94. The molecule has 3 atom stereocenters. The van der Waals surface area contributed by atoms with Gasteiger partial charge in [0.1, 0.15) is 11.6 Å². The molecule has 6 N–H and O–H groups in total. The minimum absolute atomic E-state index is 0.0322. The van der Waals surface area contributed by atoms with Crippen molar-refractivity contribution in [1.82, 2.24) is 25.9 Å². The average Bonchev–Trinajstić information content (AvgIpc) is 3.23. The van der Waals surface area contributed by atoms with Crippen molar-refractivity contribution >= 4 is 46.3 Å². The third-order valence-electron chi connectivity index (χ3n) is 7.82. The van der Waals surface area contributed by atoms with Gasteiger partial charge in [0.05, 0.1) is 24.2 Å². The number of rotatable bonds is 16. The lowest BCUT2D eigenvalue weighted by Gasteiger charge is -2.29. The second kappa shape index (κ2) is 16.3. The molecule has 4 amide bonds. The molecule has 2 aromatic rings. The van der Waals surface area contributed by atoms with Crippen LogP contribution < -0.4 is 21.7 Å². The number of nitrogens with two attached hydrogens (primary N) is 1. The lowest BCUT2D eigenvalue weighted by Crippen LogP contribution is -2.57. The third-order valence-corrected chi connectivity index (χ3v) is 7.82. The monoisotopic (exact) mass is 682 g/mol. The molecule has 2 aromatic carbocycles. The van der Waals surface area contributed by atoms with Gasteiger partial charge in [0, 0.05) is 13.1 Å². The van der Waals surface area contributed by atoms with Gasteiger partial charge in [-0.25, -0.2) is 10.1 Å². The molecule has 49 heavy (non-hydrogen) atoms. The standard InChI is InChI=1S/C33H46N8O8/c1-19(2)16-25(27(42)38-28(43)26(39(6)41(47)48)12-9-14-36-32(34)35)37-24(31(46)49-33(3,4)5)13-15-40-29(44)22-17-20-10-7-8-11-21(20)18-23(22)30(40)45/h7-8,10-11,17-19,24-26,37H,9,12-16H2,1-6H3,(H4,34,35,36)(H,38,42,43)/t24-,25+,26+/m1/s1. The van der Waals surface area contributed by atoms with E-state index in [2.05, 4.69) is 16.0 Å². The molecule has 0 unspecified atom stereocenters. The van der Waals surface area contributed by atoms with E-state index < -0.39 is 58.4 Å². The average molecular weight is 683 g/mol. The van der Waals surface area contributed by atoms with E-state index in [9.17, 15) is 34.1 Å². The first-order valence-corrected chi connectivity index (χ1v) is 16.1. The first-order chi connectivity index (χ1) is 22.9. The Kier molecular flexibility index (Phi) is 12.8. The number of fused-ring (bicyclic) bond motifs is 2. The molecule has 266 valence electrons. The molecule has 16 heteroatoms. The van der Waals surface area contributed by atoms with Crippen molar-refractivity contribution < 1.29 is 33.7 Å². The number of nitrogens with one attached hydrogen (secondary N) is 4. The van der Waals surface area contributed by atoms with Gasteiger partial charge in [0.25, 0.3) is 17.7 Å². The highest BCUT2D eigenvalue weighted by Gasteiger charge is 2.38. The van der Waals surface area contributed by atoms with Crippen molar-refractivity contribution in [1.29, 1.82) is 5.41 Å². The third kappa shape index (κ3) is 10.4. The van der Waals surface area contributed by atoms with Crippen molar-refractivity contribution in [2.75, 3.05) is 20.1 Å². The molecule has 0 bridgehead atoms. The zero-order valence-electron chi connectivity index (χ0n) is 28.7. The van der Waals surface area contributed by atoms with Crippen LogP contribution in [0.1, 0.15) is 81.0 Å². The van der Waals surface area contributed by atoms with E-state index in [-0.39, 0.29) is 61.8 Å². The molecule has 16 nitrogen and oxygen atoms in total. The van der Waals surface area contributed by atoms with Crippen molar-refractivity contribution in [3.63, 3.8) is 0 Å². The Labute approximate surface area is 284 Å². The normalized spacial score (nSPS) is 14.6. The zero-order valence-corrected chi connectivity index (χ0v) is 28.7. The summed E-state index contributed by atoms with van der Waals surface area (Å²) in [4.78, 5) is 79.5. The second-order valence-corrected chi connectivity index (χ2v) is 13.4. The molecule has 1 heterocycles. The molecule has 0 saturated carbocycles. The number of benzene rings is 2. The van der Waals surface area contributed by atoms with Crippen LogP contribution in [0.15, 0.2) is 36.4 Å². The largest absolute Gasteiger partial charge is 0.459 e. The maximum atomic E-state index is 13.6. The fourth-order valence-corrected chi connectivity index (χ4v) is 5.46. The van der Waals surface area contributed by atoms with Crippen molar-refractivity contribution in [3.8, 4) is 0 Å².